The van der Waals surface area contributed by atoms with Crippen LogP contribution in [-0.2, 0) is 4.18 Å². The van der Waals surface area contributed by atoms with Crippen LogP contribution in [0.2, 0.25) is 0 Å². The van der Waals surface area contributed by atoms with E-state index in [-0.39, 0.29) is 0 Å². The number of hydrogen-bond acceptors (Lipinski definition) is 2. The molecular weight excluding hydrogens is 216 g/mol. The van der Waals surface area contributed by atoms with Crippen molar-refractivity contribution in [3.8, 4) is 0 Å². The highest BCUT2D eigenvalue weighted by molar-refractivity contribution is 7.94. The number of allylic oxidation sites excluding steroid dienone is 2. The topological polar surface area (TPSA) is 9.23 Å². The van der Waals surface area contributed by atoms with Gasteiger partial charge in [-0.15, -0.1) is 0 Å². The Hall–Kier alpha value is -0.730. The number of benzene rings is 1. The van der Waals surface area contributed by atoms with E-state index >= 15 is 0 Å². The highest BCUT2D eigenvalue weighted by atomic mass is 32.2. The molecule has 0 radical (unpaired) electrons. The fraction of sp³-hybridized carbons (Fsp3) is 0.429. The highest BCUT2D eigenvalue weighted by Gasteiger charge is 2.35. The zero-order chi connectivity index (χ0) is 10.8. The van der Waals surface area contributed by atoms with Crippen molar-refractivity contribution in [2.75, 3.05) is 6.61 Å². The quantitative estimate of drug-likeness (QED) is 0.575. The van der Waals surface area contributed by atoms with Gasteiger partial charge >= 0.3 is 0 Å². The minimum Gasteiger partial charge on any atom is -0.310 e. The van der Waals surface area contributed by atoms with Crippen molar-refractivity contribution in [3.05, 3.63) is 42.5 Å². The van der Waals surface area contributed by atoms with Gasteiger partial charge in [-0.05, 0) is 42.7 Å². The van der Waals surface area contributed by atoms with Crippen LogP contribution in [-0.4, -0.2) is 6.61 Å². The summed E-state index contributed by atoms with van der Waals surface area (Å²) >= 11 is 1.51. The Labute approximate surface area is 101 Å². The first-order valence-corrected chi connectivity index (χ1v) is 6.69. The van der Waals surface area contributed by atoms with Crippen LogP contribution < -0.4 is 0 Å². The molecule has 0 aliphatic heterocycles. The van der Waals surface area contributed by atoms with Crippen molar-refractivity contribution < 1.29 is 4.18 Å². The van der Waals surface area contributed by atoms with Gasteiger partial charge in [-0.3, -0.25) is 0 Å². The summed E-state index contributed by atoms with van der Waals surface area (Å²) in [5.41, 5.74) is 0. The summed E-state index contributed by atoms with van der Waals surface area (Å²) in [5, 5.41) is 0. The largest absolute Gasteiger partial charge is 0.310 e. The first-order valence-electron chi connectivity index (χ1n) is 5.94. The lowest BCUT2D eigenvalue weighted by Gasteiger charge is -2.16. The van der Waals surface area contributed by atoms with Crippen LogP contribution in [0.3, 0.4) is 0 Å². The van der Waals surface area contributed by atoms with Crippen molar-refractivity contribution >= 4 is 12.0 Å². The molecule has 84 valence electrons. The van der Waals surface area contributed by atoms with Crippen LogP contribution in [0.5, 0.6) is 0 Å². The van der Waals surface area contributed by atoms with Crippen LogP contribution in [0.4, 0.5) is 0 Å². The van der Waals surface area contributed by atoms with Gasteiger partial charge in [0.05, 0.1) is 6.61 Å². The Morgan fingerprint density at radius 3 is 2.69 bits per heavy atom. The van der Waals surface area contributed by atoms with Gasteiger partial charge < -0.3 is 4.18 Å². The van der Waals surface area contributed by atoms with Crippen LogP contribution >= 0.6 is 12.0 Å². The van der Waals surface area contributed by atoms with Gasteiger partial charge in [0.25, 0.3) is 0 Å². The van der Waals surface area contributed by atoms with Crippen molar-refractivity contribution in [1.29, 1.82) is 0 Å². The average molecular weight is 232 g/mol. The minimum atomic E-state index is 0.756. The van der Waals surface area contributed by atoms with Crippen molar-refractivity contribution in [3.63, 3.8) is 0 Å². The Morgan fingerprint density at radius 1 is 1.12 bits per heavy atom. The first kappa shape index (κ1) is 10.4. The molecule has 0 spiro atoms. The molecule has 0 aromatic heterocycles. The van der Waals surface area contributed by atoms with E-state index < -0.39 is 0 Å². The Bertz CT molecular complexity index is 374. The van der Waals surface area contributed by atoms with Gasteiger partial charge in [0.15, 0.2) is 0 Å². The molecule has 3 rings (SSSR count). The minimum absolute atomic E-state index is 0.756. The molecule has 16 heavy (non-hydrogen) atoms. The van der Waals surface area contributed by atoms with E-state index in [0.29, 0.717) is 0 Å². The third kappa shape index (κ3) is 2.18. The zero-order valence-corrected chi connectivity index (χ0v) is 10.0. The summed E-state index contributed by atoms with van der Waals surface area (Å²) in [6.07, 6.45) is 7.46. The SMILES string of the molecule is C1=CC2CC1CC2COSc1ccccc1. The molecule has 2 aliphatic carbocycles. The van der Waals surface area contributed by atoms with Crippen LogP contribution in [0.25, 0.3) is 0 Å². The van der Waals surface area contributed by atoms with Crippen molar-refractivity contribution in [1.82, 2.24) is 0 Å². The molecule has 3 unspecified atom stereocenters. The Balaban J connectivity index is 1.46. The van der Waals surface area contributed by atoms with Gasteiger partial charge in [0.1, 0.15) is 0 Å². The van der Waals surface area contributed by atoms with E-state index in [1.54, 1.807) is 0 Å². The molecule has 2 heteroatoms. The van der Waals surface area contributed by atoms with E-state index in [1.165, 1.54) is 29.8 Å². The fourth-order valence-corrected chi connectivity index (χ4v) is 3.40. The number of rotatable bonds is 4. The van der Waals surface area contributed by atoms with Gasteiger partial charge in [0.2, 0.25) is 0 Å². The second-order valence-corrected chi connectivity index (χ2v) is 5.59. The maximum atomic E-state index is 5.74. The maximum Gasteiger partial charge on any atom is 0.0652 e. The summed E-state index contributed by atoms with van der Waals surface area (Å²) < 4.78 is 5.74. The van der Waals surface area contributed by atoms with E-state index in [2.05, 4.69) is 24.3 Å². The first-order chi connectivity index (χ1) is 7.92. The van der Waals surface area contributed by atoms with Crippen LogP contribution in [0.1, 0.15) is 12.8 Å². The molecule has 1 aromatic rings. The molecular formula is C14H16OS. The van der Waals surface area contributed by atoms with E-state index in [4.69, 9.17) is 4.18 Å². The lowest BCUT2D eigenvalue weighted by Crippen LogP contribution is -2.12. The molecule has 2 aliphatic rings. The van der Waals surface area contributed by atoms with E-state index in [9.17, 15) is 0 Å². The van der Waals surface area contributed by atoms with Gasteiger partial charge in [-0.25, -0.2) is 0 Å². The van der Waals surface area contributed by atoms with Crippen molar-refractivity contribution in [2.45, 2.75) is 17.7 Å². The second kappa shape index (κ2) is 4.64. The maximum absolute atomic E-state index is 5.74. The van der Waals surface area contributed by atoms with Crippen LogP contribution in [0.15, 0.2) is 47.4 Å². The molecule has 0 heterocycles. The normalized spacial score (nSPS) is 31.1. The summed E-state index contributed by atoms with van der Waals surface area (Å²) in [7, 11) is 0. The lowest BCUT2D eigenvalue weighted by molar-refractivity contribution is 0.260. The predicted molar refractivity (Wildman–Crippen MR) is 67.1 cm³/mol. The van der Waals surface area contributed by atoms with Crippen molar-refractivity contribution in [2.24, 2.45) is 17.8 Å². The monoisotopic (exact) mass is 232 g/mol. The van der Waals surface area contributed by atoms with Gasteiger partial charge in [-0.2, -0.15) is 0 Å². The summed E-state index contributed by atoms with van der Waals surface area (Å²) in [5.74, 6) is 2.40. The molecule has 1 saturated carbocycles. The van der Waals surface area contributed by atoms with E-state index in [0.717, 1.165) is 24.4 Å². The van der Waals surface area contributed by atoms with Gasteiger partial charge in [0, 0.05) is 16.9 Å². The third-order valence-corrected chi connectivity index (χ3v) is 4.32. The summed E-state index contributed by atoms with van der Waals surface area (Å²) in [6, 6.07) is 10.3. The summed E-state index contributed by atoms with van der Waals surface area (Å²) in [4.78, 5) is 1.20. The average Bonchev–Trinajstić information content (AvgIpc) is 2.92. The number of hydrogen-bond donors (Lipinski definition) is 0. The smallest absolute Gasteiger partial charge is 0.0652 e. The second-order valence-electron chi connectivity index (χ2n) is 4.72. The molecule has 1 fully saturated rings. The molecule has 1 nitrogen and oxygen atoms in total. The zero-order valence-electron chi connectivity index (χ0n) is 9.21. The number of fused-ring (bicyclic) bond motifs is 2. The third-order valence-electron chi connectivity index (χ3n) is 3.60. The fourth-order valence-electron chi connectivity index (χ4n) is 2.75. The molecule has 3 atom stereocenters. The Morgan fingerprint density at radius 2 is 2.00 bits per heavy atom. The molecule has 0 N–H and O–H groups in total. The van der Waals surface area contributed by atoms with E-state index in [1.807, 2.05) is 18.2 Å². The lowest BCUT2D eigenvalue weighted by atomic mass is 9.95. The van der Waals surface area contributed by atoms with Gasteiger partial charge in [-0.1, -0.05) is 30.4 Å². The molecule has 0 saturated heterocycles. The molecule has 0 amide bonds. The standard InChI is InChI=1S/C14H16OS/c1-2-4-14(5-3-1)16-15-10-13-9-11-6-7-12(13)8-11/h1-7,11-13H,8-10H2. The molecule has 1 aromatic carbocycles. The Kier molecular flexibility index (Phi) is 3.02. The predicted octanol–water partition coefficient (Wildman–Crippen LogP) is 3.92. The highest BCUT2D eigenvalue weighted by Crippen LogP contribution is 2.43. The summed E-state index contributed by atoms with van der Waals surface area (Å²) in [6.45, 7) is 0.894. The molecule has 2 bridgehead atoms. The van der Waals surface area contributed by atoms with Crippen LogP contribution in [0, 0.1) is 17.8 Å².